The minimum Gasteiger partial charge on any atom is -0.373 e. The van der Waals surface area contributed by atoms with Crippen LogP contribution in [0.5, 0.6) is 0 Å². The van der Waals surface area contributed by atoms with E-state index in [1.807, 2.05) is 6.07 Å². The summed E-state index contributed by atoms with van der Waals surface area (Å²) in [5.74, 6) is 7.41. The SMILES string of the molecule is CNc1ncc(C#Cc2ccnc(C=O)c2)c2cc(NC(=O)C3CC3)ncc12. The molecule has 1 aliphatic carbocycles. The maximum absolute atomic E-state index is 12.1. The average Bonchev–Trinajstić information content (AvgIpc) is 3.57. The van der Waals surface area contributed by atoms with Gasteiger partial charge < -0.3 is 10.6 Å². The first-order valence-corrected chi connectivity index (χ1v) is 8.88. The first-order chi connectivity index (χ1) is 13.7. The molecule has 4 rings (SSSR count). The van der Waals surface area contributed by atoms with Gasteiger partial charge in [0.05, 0.1) is 5.56 Å². The molecule has 2 N–H and O–H groups in total. The zero-order valence-corrected chi connectivity index (χ0v) is 15.2. The van der Waals surface area contributed by atoms with E-state index < -0.39 is 0 Å². The molecule has 3 heterocycles. The van der Waals surface area contributed by atoms with Gasteiger partial charge in [0.1, 0.15) is 17.3 Å². The predicted octanol–water partition coefficient (Wildman–Crippen LogP) is 2.63. The quantitative estimate of drug-likeness (QED) is 0.541. The van der Waals surface area contributed by atoms with Crippen LogP contribution in [0.25, 0.3) is 10.8 Å². The van der Waals surface area contributed by atoms with E-state index in [9.17, 15) is 9.59 Å². The Bertz CT molecular complexity index is 1140. The minimum absolute atomic E-state index is 0.000517. The van der Waals surface area contributed by atoms with Crippen LogP contribution < -0.4 is 10.6 Å². The smallest absolute Gasteiger partial charge is 0.228 e. The second-order valence-corrected chi connectivity index (χ2v) is 6.49. The fraction of sp³-hybridized carbons (Fsp3) is 0.190. The van der Waals surface area contributed by atoms with Gasteiger partial charge in [-0.1, -0.05) is 11.8 Å². The molecule has 0 radical (unpaired) electrons. The van der Waals surface area contributed by atoms with Gasteiger partial charge in [-0.15, -0.1) is 0 Å². The topological polar surface area (TPSA) is 96.9 Å². The first-order valence-electron chi connectivity index (χ1n) is 8.88. The first kappa shape index (κ1) is 17.6. The summed E-state index contributed by atoms with van der Waals surface area (Å²) >= 11 is 0. The van der Waals surface area contributed by atoms with Crippen molar-refractivity contribution in [1.82, 2.24) is 15.0 Å². The molecule has 1 saturated carbocycles. The highest BCUT2D eigenvalue weighted by Gasteiger charge is 2.29. The molecule has 138 valence electrons. The van der Waals surface area contributed by atoms with Crippen LogP contribution in [-0.2, 0) is 4.79 Å². The molecule has 1 fully saturated rings. The Morgan fingerprint density at radius 1 is 1.14 bits per heavy atom. The van der Waals surface area contributed by atoms with Crippen molar-refractivity contribution in [2.45, 2.75) is 12.8 Å². The van der Waals surface area contributed by atoms with Gasteiger partial charge in [0, 0.05) is 47.9 Å². The number of aromatic nitrogens is 3. The third-order valence-corrected chi connectivity index (χ3v) is 4.45. The van der Waals surface area contributed by atoms with Crippen LogP contribution in [0.3, 0.4) is 0 Å². The summed E-state index contributed by atoms with van der Waals surface area (Å²) < 4.78 is 0. The number of carbonyl (C=O) groups is 2. The summed E-state index contributed by atoms with van der Waals surface area (Å²) in [5.41, 5.74) is 1.71. The van der Waals surface area contributed by atoms with Crippen LogP contribution in [-0.4, -0.2) is 34.2 Å². The van der Waals surface area contributed by atoms with Crippen molar-refractivity contribution < 1.29 is 9.59 Å². The van der Waals surface area contributed by atoms with E-state index in [0.717, 1.165) is 23.6 Å². The molecular weight excluding hydrogens is 354 g/mol. The van der Waals surface area contributed by atoms with E-state index in [4.69, 9.17) is 0 Å². The monoisotopic (exact) mass is 371 g/mol. The van der Waals surface area contributed by atoms with Crippen LogP contribution in [0.2, 0.25) is 0 Å². The van der Waals surface area contributed by atoms with Gasteiger partial charge >= 0.3 is 0 Å². The number of aldehydes is 1. The molecule has 1 aliphatic rings. The van der Waals surface area contributed by atoms with Gasteiger partial charge in [0.15, 0.2) is 6.29 Å². The Kier molecular flexibility index (Phi) is 4.68. The highest BCUT2D eigenvalue weighted by molar-refractivity contribution is 5.99. The summed E-state index contributed by atoms with van der Waals surface area (Å²) in [6.45, 7) is 0. The van der Waals surface area contributed by atoms with E-state index >= 15 is 0 Å². The third kappa shape index (κ3) is 3.67. The van der Waals surface area contributed by atoms with Crippen LogP contribution in [0.15, 0.2) is 36.8 Å². The van der Waals surface area contributed by atoms with Gasteiger partial charge in [0.2, 0.25) is 5.91 Å². The summed E-state index contributed by atoms with van der Waals surface area (Å²) in [4.78, 5) is 35.6. The third-order valence-electron chi connectivity index (χ3n) is 4.45. The fourth-order valence-electron chi connectivity index (χ4n) is 2.81. The highest BCUT2D eigenvalue weighted by atomic mass is 16.2. The number of carbonyl (C=O) groups excluding carboxylic acids is 2. The molecule has 28 heavy (non-hydrogen) atoms. The van der Waals surface area contributed by atoms with E-state index in [2.05, 4.69) is 37.4 Å². The van der Waals surface area contributed by atoms with Crippen molar-refractivity contribution in [3.63, 3.8) is 0 Å². The molecule has 3 aromatic rings. The van der Waals surface area contributed by atoms with Gasteiger partial charge in [-0.25, -0.2) is 9.97 Å². The van der Waals surface area contributed by atoms with Gasteiger partial charge in [-0.3, -0.25) is 14.6 Å². The largest absolute Gasteiger partial charge is 0.373 e. The van der Waals surface area contributed by atoms with Crippen molar-refractivity contribution >= 4 is 34.6 Å². The number of hydrogen-bond donors (Lipinski definition) is 2. The number of pyridine rings is 3. The van der Waals surface area contributed by atoms with Gasteiger partial charge in [-0.05, 0) is 31.0 Å². The molecule has 0 saturated heterocycles. The molecule has 0 aliphatic heterocycles. The average molecular weight is 371 g/mol. The Hall–Kier alpha value is -3.79. The van der Waals surface area contributed by atoms with Gasteiger partial charge in [0.25, 0.3) is 0 Å². The highest BCUT2D eigenvalue weighted by Crippen LogP contribution is 2.31. The molecule has 7 nitrogen and oxygen atoms in total. The van der Waals surface area contributed by atoms with Crippen molar-refractivity contribution in [1.29, 1.82) is 0 Å². The van der Waals surface area contributed by atoms with Crippen LogP contribution >= 0.6 is 0 Å². The van der Waals surface area contributed by atoms with Crippen molar-refractivity contribution in [2.75, 3.05) is 17.7 Å². The Morgan fingerprint density at radius 3 is 2.75 bits per heavy atom. The minimum atomic E-state index is 0.000517. The molecular formula is C21H17N5O2. The molecule has 0 atom stereocenters. The summed E-state index contributed by atoms with van der Waals surface area (Å²) in [7, 11) is 1.79. The van der Waals surface area contributed by atoms with E-state index in [1.54, 1.807) is 37.8 Å². The predicted molar refractivity (Wildman–Crippen MR) is 106 cm³/mol. The standard InChI is InChI=1S/C21H17N5O2/c1-22-20-18-11-24-19(26-21(28)14-4-5-14)9-17(18)15(10-25-20)3-2-13-6-7-23-16(8-13)12-27/h6-12,14H,4-5H2,1H3,(H,22,25)(H,24,26,28). The zero-order chi connectivity index (χ0) is 19.5. The van der Waals surface area contributed by atoms with Crippen LogP contribution in [0.1, 0.15) is 34.5 Å². The number of amides is 1. The van der Waals surface area contributed by atoms with E-state index in [1.165, 1.54) is 0 Å². The molecule has 0 unspecified atom stereocenters. The lowest BCUT2D eigenvalue weighted by Gasteiger charge is -2.09. The molecule has 0 aromatic carbocycles. The lowest BCUT2D eigenvalue weighted by molar-refractivity contribution is -0.117. The van der Waals surface area contributed by atoms with Crippen molar-refractivity contribution in [3.8, 4) is 11.8 Å². The molecule has 7 heteroatoms. The lowest BCUT2D eigenvalue weighted by Crippen LogP contribution is -2.14. The number of anilines is 2. The van der Waals surface area contributed by atoms with E-state index in [-0.39, 0.29) is 11.8 Å². The normalized spacial score (nSPS) is 12.8. The van der Waals surface area contributed by atoms with Crippen molar-refractivity contribution in [2.24, 2.45) is 5.92 Å². The molecule has 1 amide bonds. The molecule has 3 aromatic heterocycles. The maximum atomic E-state index is 12.1. The second kappa shape index (κ2) is 7.45. The van der Waals surface area contributed by atoms with E-state index in [0.29, 0.717) is 34.7 Å². The summed E-state index contributed by atoms with van der Waals surface area (Å²) in [5, 5.41) is 7.54. The summed E-state index contributed by atoms with van der Waals surface area (Å²) in [6, 6.07) is 5.17. The number of hydrogen-bond acceptors (Lipinski definition) is 6. The number of rotatable bonds is 4. The number of nitrogens with one attached hydrogen (secondary N) is 2. The lowest BCUT2D eigenvalue weighted by atomic mass is 10.1. The number of fused-ring (bicyclic) bond motifs is 1. The zero-order valence-electron chi connectivity index (χ0n) is 15.2. The molecule has 0 spiro atoms. The van der Waals surface area contributed by atoms with Crippen LogP contribution in [0.4, 0.5) is 11.6 Å². The second-order valence-electron chi connectivity index (χ2n) is 6.49. The fourth-order valence-corrected chi connectivity index (χ4v) is 2.81. The van der Waals surface area contributed by atoms with Crippen LogP contribution in [0, 0.1) is 17.8 Å². The maximum Gasteiger partial charge on any atom is 0.228 e. The van der Waals surface area contributed by atoms with Gasteiger partial charge in [-0.2, -0.15) is 0 Å². The Balaban J connectivity index is 1.75. The Morgan fingerprint density at radius 2 is 2.00 bits per heavy atom. The summed E-state index contributed by atoms with van der Waals surface area (Å²) in [6.07, 6.45) is 7.44. The molecule has 0 bridgehead atoms. The van der Waals surface area contributed by atoms with Crippen molar-refractivity contribution in [3.05, 3.63) is 53.6 Å². The number of nitrogens with zero attached hydrogens (tertiary/aromatic N) is 3. The Labute approximate surface area is 161 Å².